The normalized spacial score (nSPS) is 15.0. The summed E-state index contributed by atoms with van der Waals surface area (Å²) in [6, 6.07) is 10.5. The van der Waals surface area contributed by atoms with Crippen LogP contribution in [0.15, 0.2) is 42.6 Å². The molecular formula is C23H28N6O3. The van der Waals surface area contributed by atoms with E-state index in [1.807, 2.05) is 11.0 Å². The van der Waals surface area contributed by atoms with E-state index in [1.165, 1.54) is 0 Å². The minimum atomic E-state index is -0.969. The number of rotatable bonds is 4. The van der Waals surface area contributed by atoms with E-state index in [0.717, 1.165) is 30.9 Å². The average molecular weight is 437 g/mol. The van der Waals surface area contributed by atoms with Crippen molar-refractivity contribution in [2.45, 2.75) is 32.8 Å². The van der Waals surface area contributed by atoms with E-state index in [0.29, 0.717) is 30.1 Å². The maximum atomic E-state index is 12.8. The highest BCUT2D eigenvalue weighted by Gasteiger charge is 2.21. The topological polar surface area (TPSA) is 103 Å². The SMILES string of the molecule is CC(=O)N1CCCN(c2cc(NC(=O)c3ccc(C(C)(C)O)cc3)nc3ccnn23)CC1. The van der Waals surface area contributed by atoms with Crippen molar-refractivity contribution in [1.82, 2.24) is 19.5 Å². The number of benzene rings is 1. The number of anilines is 2. The molecule has 2 amide bonds. The molecular weight excluding hydrogens is 408 g/mol. The molecule has 0 bridgehead atoms. The maximum absolute atomic E-state index is 12.8. The van der Waals surface area contributed by atoms with Gasteiger partial charge in [-0.3, -0.25) is 9.59 Å². The fraction of sp³-hybridized carbons (Fsp3) is 0.391. The van der Waals surface area contributed by atoms with Gasteiger partial charge in [-0.15, -0.1) is 0 Å². The third kappa shape index (κ3) is 4.57. The lowest BCUT2D eigenvalue weighted by Gasteiger charge is -2.24. The quantitative estimate of drug-likeness (QED) is 0.650. The highest BCUT2D eigenvalue weighted by molar-refractivity contribution is 6.04. The molecule has 3 heterocycles. The van der Waals surface area contributed by atoms with Crippen LogP contribution in [0.1, 0.15) is 43.1 Å². The molecule has 2 N–H and O–H groups in total. The Morgan fingerprint density at radius 3 is 2.50 bits per heavy atom. The van der Waals surface area contributed by atoms with Crippen molar-refractivity contribution >= 4 is 29.1 Å². The second-order valence-corrected chi connectivity index (χ2v) is 8.54. The largest absolute Gasteiger partial charge is 0.386 e. The van der Waals surface area contributed by atoms with Gasteiger partial charge in [0.15, 0.2) is 5.65 Å². The van der Waals surface area contributed by atoms with Gasteiger partial charge in [-0.1, -0.05) is 12.1 Å². The summed E-state index contributed by atoms with van der Waals surface area (Å²) < 4.78 is 1.75. The molecule has 168 valence electrons. The Kier molecular flexibility index (Phi) is 5.84. The first kappa shape index (κ1) is 21.8. The molecule has 32 heavy (non-hydrogen) atoms. The lowest BCUT2D eigenvalue weighted by molar-refractivity contribution is -0.128. The molecule has 2 aromatic heterocycles. The summed E-state index contributed by atoms with van der Waals surface area (Å²) in [5.41, 5.74) is 0.865. The smallest absolute Gasteiger partial charge is 0.256 e. The zero-order valence-electron chi connectivity index (χ0n) is 18.6. The number of carbonyl (C=O) groups is 2. The van der Waals surface area contributed by atoms with Crippen LogP contribution < -0.4 is 10.2 Å². The van der Waals surface area contributed by atoms with Gasteiger partial charge in [0.05, 0.1) is 11.8 Å². The first-order chi connectivity index (χ1) is 15.2. The molecule has 0 spiro atoms. The summed E-state index contributed by atoms with van der Waals surface area (Å²) >= 11 is 0. The summed E-state index contributed by atoms with van der Waals surface area (Å²) in [6.45, 7) is 7.80. The Balaban J connectivity index is 1.58. The van der Waals surface area contributed by atoms with Crippen molar-refractivity contribution in [1.29, 1.82) is 0 Å². The highest BCUT2D eigenvalue weighted by atomic mass is 16.3. The predicted molar refractivity (Wildman–Crippen MR) is 122 cm³/mol. The summed E-state index contributed by atoms with van der Waals surface area (Å²) in [5, 5.41) is 17.4. The Morgan fingerprint density at radius 1 is 1.06 bits per heavy atom. The van der Waals surface area contributed by atoms with E-state index in [9.17, 15) is 14.7 Å². The molecule has 0 radical (unpaired) electrons. The number of aromatic nitrogens is 3. The van der Waals surface area contributed by atoms with Crippen LogP contribution in [-0.4, -0.2) is 62.6 Å². The van der Waals surface area contributed by atoms with Gasteiger partial charge in [0, 0.05) is 50.8 Å². The summed E-state index contributed by atoms with van der Waals surface area (Å²) in [7, 11) is 0. The Hall–Kier alpha value is -3.46. The maximum Gasteiger partial charge on any atom is 0.256 e. The van der Waals surface area contributed by atoms with E-state index < -0.39 is 5.60 Å². The lowest BCUT2D eigenvalue weighted by atomic mass is 9.97. The number of nitrogens with zero attached hydrogens (tertiary/aromatic N) is 5. The molecule has 1 fully saturated rings. The Labute approximate surface area is 186 Å². The fourth-order valence-electron chi connectivity index (χ4n) is 3.87. The Bertz CT molecular complexity index is 1130. The van der Waals surface area contributed by atoms with Crippen LogP contribution >= 0.6 is 0 Å². The van der Waals surface area contributed by atoms with Crippen LogP contribution in [0, 0.1) is 0 Å². The van der Waals surface area contributed by atoms with Crippen LogP contribution in [0.3, 0.4) is 0 Å². The van der Waals surface area contributed by atoms with Crippen molar-refractivity contribution in [2.24, 2.45) is 0 Å². The monoisotopic (exact) mass is 436 g/mol. The number of amides is 2. The van der Waals surface area contributed by atoms with Gasteiger partial charge in [0.2, 0.25) is 5.91 Å². The van der Waals surface area contributed by atoms with E-state index in [1.54, 1.807) is 61.8 Å². The highest BCUT2D eigenvalue weighted by Crippen LogP contribution is 2.23. The van der Waals surface area contributed by atoms with Crippen molar-refractivity contribution < 1.29 is 14.7 Å². The molecule has 0 atom stereocenters. The minimum Gasteiger partial charge on any atom is -0.386 e. The van der Waals surface area contributed by atoms with Gasteiger partial charge in [-0.2, -0.15) is 9.61 Å². The van der Waals surface area contributed by atoms with Gasteiger partial charge in [0.25, 0.3) is 5.91 Å². The van der Waals surface area contributed by atoms with Gasteiger partial charge < -0.3 is 20.2 Å². The van der Waals surface area contributed by atoms with Crippen LogP contribution in [0.25, 0.3) is 5.65 Å². The number of nitrogens with one attached hydrogen (secondary N) is 1. The number of aliphatic hydroxyl groups is 1. The van der Waals surface area contributed by atoms with Crippen LogP contribution in [0.4, 0.5) is 11.6 Å². The van der Waals surface area contributed by atoms with E-state index >= 15 is 0 Å². The van der Waals surface area contributed by atoms with Gasteiger partial charge in [0.1, 0.15) is 11.6 Å². The van der Waals surface area contributed by atoms with Crippen molar-refractivity contribution in [2.75, 3.05) is 36.4 Å². The van der Waals surface area contributed by atoms with Crippen molar-refractivity contribution in [3.63, 3.8) is 0 Å². The second kappa shape index (κ2) is 8.58. The third-order valence-corrected chi connectivity index (χ3v) is 5.70. The molecule has 1 aliphatic rings. The summed E-state index contributed by atoms with van der Waals surface area (Å²) in [5.74, 6) is 1.04. The average Bonchev–Trinajstić information content (AvgIpc) is 3.07. The molecule has 1 aliphatic heterocycles. The minimum absolute atomic E-state index is 0.0781. The number of carbonyl (C=O) groups excluding carboxylic acids is 2. The number of hydrogen-bond donors (Lipinski definition) is 2. The Morgan fingerprint density at radius 2 is 1.81 bits per heavy atom. The summed E-state index contributed by atoms with van der Waals surface area (Å²) in [4.78, 5) is 33.1. The standard InChI is InChI=1S/C23H28N6O3/c1-16(30)27-11-4-12-28(14-13-27)21-15-19(25-20-9-10-24-29(20)21)26-22(31)17-5-7-18(8-6-17)23(2,3)32/h5-10,15,32H,4,11-14H2,1-3H3,(H,25,26,31). The van der Waals surface area contributed by atoms with Crippen LogP contribution in [-0.2, 0) is 10.4 Å². The van der Waals surface area contributed by atoms with Crippen LogP contribution in [0.5, 0.6) is 0 Å². The van der Waals surface area contributed by atoms with Crippen LogP contribution in [0.2, 0.25) is 0 Å². The molecule has 1 aromatic carbocycles. The first-order valence-corrected chi connectivity index (χ1v) is 10.7. The zero-order valence-corrected chi connectivity index (χ0v) is 18.6. The van der Waals surface area contributed by atoms with Crippen molar-refractivity contribution in [3.8, 4) is 0 Å². The first-order valence-electron chi connectivity index (χ1n) is 10.7. The molecule has 9 nitrogen and oxygen atoms in total. The third-order valence-electron chi connectivity index (χ3n) is 5.70. The molecule has 0 aliphatic carbocycles. The molecule has 0 unspecified atom stereocenters. The molecule has 9 heteroatoms. The van der Waals surface area contributed by atoms with E-state index in [-0.39, 0.29) is 11.8 Å². The van der Waals surface area contributed by atoms with Gasteiger partial charge in [-0.25, -0.2) is 4.98 Å². The van der Waals surface area contributed by atoms with Gasteiger partial charge >= 0.3 is 0 Å². The number of hydrogen-bond acceptors (Lipinski definition) is 6. The second-order valence-electron chi connectivity index (χ2n) is 8.54. The van der Waals surface area contributed by atoms with Gasteiger partial charge in [-0.05, 0) is 38.0 Å². The lowest BCUT2D eigenvalue weighted by Crippen LogP contribution is -2.34. The fourth-order valence-corrected chi connectivity index (χ4v) is 3.87. The van der Waals surface area contributed by atoms with E-state index in [2.05, 4.69) is 20.3 Å². The summed E-state index contributed by atoms with van der Waals surface area (Å²) in [6.07, 6.45) is 2.52. The molecule has 1 saturated heterocycles. The predicted octanol–water partition coefficient (Wildman–Crippen LogP) is 2.27. The molecule has 0 saturated carbocycles. The zero-order chi connectivity index (χ0) is 22.9. The molecule has 4 rings (SSSR count). The number of fused-ring (bicyclic) bond motifs is 1. The van der Waals surface area contributed by atoms with E-state index in [4.69, 9.17) is 0 Å². The molecule has 3 aromatic rings. The van der Waals surface area contributed by atoms with Crippen molar-refractivity contribution in [3.05, 3.63) is 53.7 Å².